The number of carbonyl (C=O) groups is 2. The highest BCUT2D eigenvalue weighted by molar-refractivity contribution is 6.26. The fourth-order valence-corrected chi connectivity index (χ4v) is 3.01. The van der Waals surface area contributed by atoms with Crippen molar-refractivity contribution in [1.29, 1.82) is 0 Å². The fraction of sp³-hybridized carbons (Fsp3) is 0.333. The normalized spacial score (nSPS) is 15.2. The van der Waals surface area contributed by atoms with Gasteiger partial charge in [0.25, 0.3) is 11.8 Å². The highest BCUT2D eigenvalue weighted by atomic mass is 35.5. The number of imide groups is 1. The van der Waals surface area contributed by atoms with Crippen LogP contribution in [0.5, 0.6) is 5.75 Å². The molecule has 2 amide bonds. The van der Waals surface area contributed by atoms with Gasteiger partial charge >= 0.3 is 0 Å². The van der Waals surface area contributed by atoms with Crippen molar-refractivity contribution in [1.82, 2.24) is 4.90 Å². The molecule has 120 valence electrons. The summed E-state index contributed by atoms with van der Waals surface area (Å²) in [6.07, 6.45) is 1.72. The van der Waals surface area contributed by atoms with Gasteiger partial charge in [-0.1, -0.05) is 37.1 Å². The van der Waals surface area contributed by atoms with Gasteiger partial charge in [-0.25, -0.2) is 0 Å². The monoisotopic (exact) mass is 331 g/mol. The van der Waals surface area contributed by atoms with Crippen molar-refractivity contribution < 1.29 is 14.3 Å². The molecule has 23 heavy (non-hydrogen) atoms. The van der Waals surface area contributed by atoms with Gasteiger partial charge in [-0.15, -0.1) is 0 Å². The Bertz CT molecular complexity index is 763. The Morgan fingerprint density at radius 3 is 2.48 bits per heavy atom. The highest BCUT2D eigenvalue weighted by Gasteiger charge is 2.33. The number of benzene rings is 2. The van der Waals surface area contributed by atoms with E-state index in [4.69, 9.17) is 16.3 Å². The molecule has 3 rings (SSSR count). The van der Waals surface area contributed by atoms with Crippen molar-refractivity contribution >= 4 is 34.2 Å². The average molecular weight is 332 g/mol. The molecule has 1 aliphatic rings. The van der Waals surface area contributed by atoms with Crippen LogP contribution in [0.4, 0.5) is 0 Å². The van der Waals surface area contributed by atoms with Gasteiger partial charge in [0.05, 0.1) is 0 Å². The summed E-state index contributed by atoms with van der Waals surface area (Å²) in [4.78, 5) is 26.7. The molecule has 2 aromatic rings. The first-order valence-corrected chi connectivity index (χ1v) is 8.21. The van der Waals surface area contributed by atoms with Crippen LogP contribution in [-0.4, -0.2) is 28.8 Å². The molecular formula is C18H18ClNO3. The second-order valence-corrected chi connectivity index (χ2v) is 6.23. The van der Waals surface area contributed by atoms with Gasteiger partial charge < -0.3 is 4.74 Å². The molecule has 0 bridgehead atoms. The van der Waals surface area contributed by atoms with E-state index in [-0.39, 0.29) is 11.8 Å². The molecule has 1 heterocycles. The maximum Gasteiger partial charge on any atom is 0.261 e. The molecule has 1 unspecified atom stereocenters. The molecular weight excluding hydrogens is 314 g/mol. The summed E-state index contributed by atoms with van der Waals surface area (Å²) in [6.45, 7) is 4.20. The van der Waals surface area contributed by atoms with Gasteiger partial charge in [-0.3, -0.25) is 14.5 Å². The minimum absolute atomic E-state index is 0.238. The number of unbranched alkanes of at least 4 members (excludes halogenated alkanes) is 1. The van der Waals surface area contributed by atoms with Crippen LogP contribution < -0.4 is 4.74 Å². The lowest BCUT2D eigenvalue weighted by Crippen LogP contribution is -2.40. The molecule has 0 N–H and O–H groups in total. The zero-order valence-corrected chi connectivity index (χ0v) is 13.9. The van der Waals surface area contributed by atoms with E-state index in [1.54, 1.807) is 31.2 Å². The SMILES string of the molecule is CCCCN1C(=O)c2cccc3c(OC(C)Cl)ccc(c23)C1=O. The predicted molar refractivity (Wildman–Crippen MR) is 90.2 cm³/mol. The number of nitrogens with zero attached hydrogens (tertiary/aromatic N) is 1. The molecule has 2 aromatic carbocycles. The zero-order valence-electron chi connectivity index (χ0n) is 13.1. The second kappa shape index (κ2) is 6.20. The van der Waals surface area contributed by atoms with E-state index < -0.39 is 5.56 Å². The van der Waals surface area contributed by atoms with Gasteiger partial charge in [0.2, 0.25) is 0 Å². The van der Waals surface area contributed by atoms with E-state index >= 15 is 0 Å². The number of alkyl halides is 1. The summed E-state index contributed by atoms with van der Waals surface area (Å²) in [5.41, 5.74) is 0.588. The van der Waals surface area contributed by atoms with E-state index in [2.05, 4.69) is 0 Å². The lowest BCUT2D eigenvalue weighted by Gasteiger charge is -2.27. The fourth-order valence-electron chi connectivity index (χ4n) is 2.92. The van der Waals surface area contributed by atoms with Crippen molar-refractivity contribution in [2.75, 3.05) is 6.54 Å². The Morgan fingerprint density at radius 2 is 1.83 bits per heavy atom. The number of ether oxygens (including phenoxy) is 1. The third kappa shape index (κ3) is 2.68. The van der Waals surface area contributed by atoms with Gasteiger partial charge in [0, 0.05) is 28.4 Å². The highest BCUT2D eigenvalue weighted by Crippen LogP contribution is 2.36. The quantitative estimate of drug-likeness (QED) is 0.609. The number of halogens is 1. The molecule has 0 fully saturated rings. The molecule has 0 aromatic heterocycles. The minimum Gasteiger partial charge on any atom is -0.474 e. The van der Waals surface area contributed by atoms with E-state index in [0.29, 0.717) is 28.8 Å². The average Bonchev–Trinajstić information content (AvgIpc) is 2.53. The van der Waals surface area contributed by atoms with E-state index in [0.717, 1.165) is 18.2 Å². The standard InChI is InChI=1S/C18H18ClNO3/c1-3-4-10-20-17(21)13-7-5-6-12-15(23-11(2)19)9-8-14(16(12)13)18(20)22/h5-9,11H,3-4,10H2,1-2H3. The summed E-state index contributed by atoms with van der Waals surface area (Å²) in [5.74, 6) is 0.103. The first-order valence-electron chi connectivity index (χ1n) is 7.77. The van der Waals surface area contributed by atoms with E-state index in [1.807, 2.05) is 13.0 Å². The lowest BCUT2D eigenvalue weighted by atomic mass is 9.93. The Labute approximate surface area is 140 Å². The van der Waals surface area contributed by atoms with Gasteiger partial charge in [-0.05, 0) is 31.5 Å². The van der Waals surface area contributed by atoms with Crippen LogP contribution >= 0.6 is 11.6 Å². The van der Waals surface area contributed by atoms with Gasteiger partial charge in [0.15, 0.2) is 5.56 Å². The largest absolute Gasteiger partial charge is 0.474 e. The molecule has 1 aliphatic heterocycles. The Morgan fingerprint density at radius 1 is 1.13 bits per heavy atom. The van der Waals surface area contributed by atoms with Crippen LogP contribution in [0.15, 0.2) is 30.3 Å². The lowest BCUT2D eigenvalue weighted by molar-refractivity contribution is 0.0608. The van der Waals surface area contributed by atoms with Crippen LogP contribution in [0.1, 0.15) is 47.4 Å². The first-order chi connectivity index (χ1) is 11.0. The molecule has 4 nitrogen and oxygen atoms in total. The topological polar surface area (TPSA) is 46.6 Å². The Balaban J connectivity index is 2.17. The molecule has 0 radical (unpaired) electrons. The predicted octanol–water partition coefficient (Wildman–Crippen LogP) is 4.20. The van der Waals surface area contributed by atoms with Crippen molar-refractivity contribution in [3.63, 3.8) is 0 Å². The van der Waals surface area contributed by atoms with Crippen molar-refractivity contribution in [3.05, 3.63) is 41.5 Å². The van der Waals surface area contributed by atoms with Crippen molar-refractivity contribution in [3.8, 4) is 5.75 Å². The first kappa shape index (κ1) is 15.8. The van der Waals surface area contributed by atoms with Crippen LogP contribution in [0.25, 0.3) is 10.8 Å². The van der Waals surface area contributed by atoms with Crippen molar-refractivity contribution in [2.45, 2.75) is 32.3 Å². The van der Waals surface area contributed by atoms with Crippen molar-refractivity contribution in [2.24, 2.45) is 0 Å². The third-order valence-corrected chi connectivity index (χ3v) is 4.07. The van der Waals surface area contributed by atoms with Crippen LogP contribution in [0.3, 0.4) is 0 Å². The summed E-state index contributed by atoms with van der Waals surface area (Å²) in [6, 6.07) is 8.87. The molecule has 0 saturated heterocycles. The molecule has 5 heteroatoms. The Hall–Kier alpha value is -2.07. The summed E-state index contributed by atoms with van der Waals surface area (Å²) >= 11 is 5.91. The molecule has 1 atom stereocenters. The van der Waals surface area contributed by atoms with Crippen LogP contribution in [-0.2, 0) is 0 Å². The number of carbonyl (C=O) groups excluding carboxylic acids is 2. The number of hydrogen-bond donors (Lipinski definition) is 0. The zero-order chi connectivity index (χ0) is 16.6. The molecule has 0 saturated carbocycles. The molecule has 0 spiro atoms. The number of rotatable bonds is 5. The van der Waals surface area contributed by atoms with Crippen LogP contribution in [0.2, 0.25) is 0 Å². The third-order valence-electron chi connectivity index (χ3n) is 3.98. The van der Waals surface area contributed by atoms with Gasteiger partial charge in [0.1, 0.15) is 5.75 Å². The second-order valence-electron chi connectivity index (χ2n) is 5.62. The van der Waals surface area contributed by atoms with Crippen LogP contribution in [0, 0.1) is 0 Å². The number of hydrogen-bond acceptors (Lipinski definition) is 3. The van der Waals surface area contributed by atoms with E-state index in [9.17, 15) is 9.59 Å². The summed E-state index contributed by atoms with van der Waals surface area (Å²) in [5, 5.41) is 1.40. The summed E-state index contributed by atoms with van der Waals surface area (Å²) in [7, 11) is 0. The maximum atomic E-state index is 12.7. The maximum absolute atomic E-state index is 12.7. The minimum atomic E-state index is -0.497. The Kier molecular flexibility index (Phi) is 4.26. The van der Waals surface area contributed by atoms with E-state index in [1.165, 1.54) is 4.90 Å². The summed E-state index contributed by atoms with van der Waals surface area (Å²) < 4.78 is 5.60. The number of amides is 2. The smallest absolute Gasteiger partial charge is 0.261 e. The van der Waals surface area contributed by atoms with Gasteiger partial charge in [-0.2, -0.15) is 0 Å². The molecule has 0 aliphatic carbocycles.